The minimum absolute atomic E-state index is 0.0417. The van der Waals surface area contributed by atoms with Gasteiger partial charge in [0.2, 0.25) is 10.0 Å². The first-order valence-electron chi connectivity index (χ1n) is 5.33. The molecule has 1 aromatic heterocycles. The van der Waals surface area contributed by atoms with Gasteiger partial charge in [-0.15, -0.1) is 6.42 Å². The molecule has 0 bridgehead atoms. The van der Waals surface area contributed by atoms with Crippen LogP contribution in [0, 0.1) is 12.3 Å². The zero-order valence-corrected chi connectivity index (χ0v) is 11.2. The molecule has 0 amide bonds. The summed E-state index contributed by atoms with van der Waals surface area (Å²) in [6, 6.07) is 3.03. The molecule has 2 rings (SSSR count). The van der Waals surface area contributed by atoms with Gasteiger partial charge >= 0.3 is 0 Å². The van der Waals surface area contributed by atoms with Gasteiger partial charge < -0.3 is 5.32 Å². The van der Waals surface area contributed by atoms with E-state index in [4.69, 9.17) is 6.42 Å². The van der Waals surface area contributed by atoms with Crippen LogP contribution in [0.2, 0.25) is 0 Å². The summed E-state index contributed by atoms with van der Waals surface area (Å²) < 4.78 is 30.0. The van der Waals surface area contributed by atoms with Gasteiger partial charge in [-0.25, -0.2) is 17.4 Å². The fraction of sp³-hybridized carbons (Fsp3) is 0.273. The maximum atomic E-state index is 12.1. The maximum absolute atomic E-state index is 12.1. The lowest BCUT2D eigenvalue weighted by molar-refractivity contribution is 0.315. The fourth-order valence-corrected chi connectivity index (χ4v) is 2.55. The lowest BCUT2D eigenvalue weighted by Crippen LogP contribution is -2.22. The van der Waals surface area contributed by atoms with Gasteiger partial charge in [-0.3, -0.25) is 0 Å². The summed E-state index contributed by atoms with van der Waals surface area (Å²) in [5.74, 6) is 2.42. The average Bonchev–Trinajstić information content (AvgIpc) is 2.84. The number of nitrogens with zero attached hydrogens (tertiary/aromatic N) is 3. The van der Waals surface area contributed by atoms with E-state index < -0.39 is 10.0 Å². The Balaban J connectivity index is 2.62. The van der Waals surface area contributed by atoms with Crippen molar-refractivity contribution in [3.8, 4) is 12.3 Å². The summed E-state index contributed by atoms with van der Waals surface area (Å²) in [5.41, 5.74) is 1.08. The Morgan fingerprint density at radius 3 is 2.68 bits per heavy atom. The molecule has 1 heterocycles. The second kappa shape index (κ2) is 4.87. The number of anilines is 1. The zero-order chi connectivity index (χ0) is 14.0. The van der Waals surface area contributed by atoms with Crippen molar-refractivity contribution in [3.63, 3.8) is 0 Å². The molecule has 0 fully saturated rings. The van der Waals surface area contributed by atoms with Crippen LogP contribution in [0.25, 0.3) is 11.0 Å². The summed E-state index contributed by atoms with van der Waals surface area (Å²) in [7, 11) is -0.721. The van der Waals surface area contributed by atoms with Crippen LogP contribution in [0.15, 0.2) is 21.7 Å². The molecule has 0 radical (unpaired) electrons. The van der Waals surface area contributed by atoms with Crippen LogP contribution in [0.3, 0.4) is 0 Å². The summed E-state index contributed by atoms with van der Waals surface area (Å²) >= 11 is 0. The number of fused-ring (bicyclic) bond motifs is 1. The first-order valence-corrected chi connectivity index (χ1v) is 6.77. The lowest BCUT2D eigenvalue weighted by atomic mass is 10.2. The largest absolute Gasteiger partial charge is 0.372 e. The molecule has 7 nitrogen and oxygen atoms in total. The Morgan fingerprint density at radius 1 is 1.37 bits per heavy atom. The summed E-state index contributed by atoms with van der Waals surface area (Å²) in [4.78, 5) is 0.0417. The number of hydrogen-bond acceptors (Lipinski definition) is 6. The van der Waals surface area contributed by atoms with E-state index in [1.165, 1.54) is 20.2 Å². The average molecular weight is 280 g/mol. The van der Waals surface area contributed by atoms with Crippen molar-refractivity contribution in [1.29, 1.82) is 0 Å². The Morgan fingerprint density at radius 2 is 2.05 bits per heavy atom. The monoisotopic (exact) mass is 280 g/mol. The van der Waals surface area contributed by atoms with Crippen molar-refractivity contribution in [2.75, 3.05) is 26.0 Å². The smallest absolute Gasteiger partial charge is 0.244 e. The van der Waals surface area contributed by atoms with Gasteiger partial charge in [0, 0.05) is 14.1 Å². The molecule has 0 aliphatic carbocycles. The minimum Gasteiger partial charge on any atom is -0.372 e. The number of benzene rings is 1. The van der Waals surface area contributed by atoms with E-state index in [1.54, 1.807) is 6.07 Å². The number of rotatable bonds is 4. The SMILES string of the molecule is C#CCNc1ccc(S(=O)(=O)N(C)C)c2nonc12. The zero-order valence-electron chi connectivity index (χ0n) is 10.4. The van der Waals surface area contributed by atoms with Crippen LogP contribution < -0.4 is 5.32 Å². The fourth-order valence-electron chi connectivity index (χ4n) is 1.54. The van der Waals surface area contributed by atoms with Crippen LogP contribution in [-0.2, 0) is 10.0 Å². The molecule has 0 aliphatic heterocycles. The topological polar surface area (TPSA) is 88.3 Å². The summed E-state index contributed by atoms with van der Waals surface area (Å²) in [6.45, 7) is 0.293. The van der Waals surface area contributed by atoms with Crippen molar-refractivity contribution in [2.24, 2.45) is 0 Å². The highest BCUT2D eigenvalue weighted by Crippen LogP contribution is 2.27. The molecule has 0 atom stereocenters. The quantitative estimate of drug-likeness (QED) is 0.821. The van der Waals surface area contributed by atoms with Crippen molar-refractivity contribution in [2.45, 2.75) is 4.90 Å². The van der Waals surface area contributed by atoms with Gasteiger partial charge in [0.15, 0.2) is 11.0 Å². The van der Waals surface area contributed by atoms with E-state index in [0.717, 1.165) is 4.31 Å². The lowest BCUT2D eigenvalue weighted by Gasteiger charge is -2.12. The van der Waals surface area contributed by atoms with E-state index in [-0.39, 0.29) is 10.4 Å². The van der Waals surface area contributed by atoms with Gasteiger partial charge in [0.25, 0.3) is 0 Å². The first kappa shape index (κ1) is 13.3. The molecule has 0 saturated carbocycles. The van der Waals surface area contributed by atoms with Crippen molar-refractivity contribution in [1.82, 2.24) is 14.6 Å². The molecule has 1 aromatic carbocycles. The van der Waals surface area contributed by atoms with E-state index >= 15 is 0 Å². The third kappa shape index (κ3) is 2.25. The Kier molecular flexibility index (Phi) is 3.42. The second-order valence-corrected chi connectivity index (χ2v) is 6.04. The van der Waals surface area contributed by atoms with Gasteiger partial charge in [-0.1, -0.05) is 5.92 Å². The van der Waals surface area contributed by atoms with Crippen LogP contribution in [0.5, 0.6) is 0 Å². The Hall–Kier alpha value is -2.11. The van der Waals surface area contributed by atoms with Gasteiger partial charge in [0.05, 0.1) is 12.2 Å². The third-order valence-corrected chi connectivity index (χ3v) is 4.36. The van der Waals surface area contributed by atoms with Crippen molar-refractivity contribution >= 4 is 26.7 Å². The third-order valence-electron chi connectivity index (χ3n) is 2.52. The number of nitrogens with one attached hydrogen (secondary N) is 1. The van der Waals surface area contributed by atoms with Crippen LogP contribution >= 0.6 is 0 Å². The van der Waals surface area contributed by atoms with E-state index in [9.17, 15) is 8.42 Å². The maximum Gasteiger partial charge on any atom is 0.244 e. The normalized spacial score (nSPS) is 11.7. The molecule has 0 saturated heterocycles. The van der Waals surface area contributed by atoms with Crippen LogP contribution in [0.1, 0.15) is 0 Å². The molecule has 1 N–H and O–H groups in total. The van der Waals surface area contributed by atoms with Gasteiger partial charge in [-0.2, -0.15) is 0 Å². The molecule has 100 valence electrons. The molecule has 0 spiro atoms. The second-order valence-electron chi connectivity index (χ2n) is 3.92. The van der Waals surface area contributed by atoms with Crippen molar-refractivity contribution < 1.29 is 13.0 Å². The highest BCUT2D eigenvalue weighted by Gasteiger charge is 2.24. The molecular formula is C11H12N4O3S. The standard InChI is InChI=1S/C11H12N4O3S/c1-4-7-12-8-5-6-9(19(16,17)15(2)3)11-10(8)13-18-14-11/h1,5-6,12H,7H2,2-3H3. The van der Waals surface area contributed by atoms with Crippen LogP contribution in [-0.4, -0.2) is 43.7 Å². The number of sulfonamides is 1. The number of hydrogen-bond donors (Lipinski definition) is 1. The molecule has 0 unspecified atom stereocenters. The summed E-state index contributed by atoms with van der Waals surface area (Å²) in [5, 5.41) is 10.3. The number of terminal acetylenes is 1. The Labute approximate surface area is 110 Å². The van der Waals surface area contributed by atoms with E-state index in [0.29, 0.717) is 17.7 Å². The molecular weight excluding hydrogens is 268 g/mol. The molecule has 0 aliphatic rings. The predicted molar refractivity (Wildman–Crippen MR) is 70.0 cm³/mol. The van der Waals surface area contributed by atoms with Gasteiger partial charge in [0.1, 0.15) is 4.90 Å². The predicted octanol–water partition coefficient (Wildman–Crippen LogP) is 0.518. The van der Waals surface area contributed by atoms with Crippen LogP contribution in [0.4, 0.5) is 5.69 Å². The molecule has 8 heteroatoms. The minimum atomic E-state index is -3.61. The van der Waals surface area contributed by atoms with E-state index in [1.807, 2.05) is 0 Å². The Bertz CT molecular complexity index is 743. The van der Waals surface area contributed by atoms with Crippen molar-refractivity contribution in [3.05, 3.63) is 12.1 Å². The van der Waals surface area contributed by atoms with Gasteiger partial charge in [-0.05, 0) is 22.4 Å². The molecule has 2 aromatic rings. The summed E-state index contributed by atoms with van der Waals surface area (Å²) in [6.07, 6.45) is 5.16. The highest BCUT2D eigenvalue weighted by molar-refractivity contribution is 7.89. The molecule has 19 heavy (non-hydrogen) atoms. The highest BCUT2D eigenvalue weighted by atomic mass is 32.2. The van der Waals surface area contributed by atoms with E-state index in [2.05, 4.69) is 26.2 Å². The number of aromatic nitrogens is 2. The first-order chi connectivity index (χ1) is 8.98.